The van der Waals surface area contributed by atoms with Gasteiger partial charge in [0.25, 0.3) is 0 Å². The fourth-order valence-electron chi connectivity index (χ4n) is 2.41. The van der Waals surface area contributed by atoms with Crippen LogP contribution < -0.4 is 14.8 Å². The lowest BCUT2D eigenvalue weighted by Gasteiger charge is -2.20. The molecule has 0 radical (unpaired) electrons. The number of rotatable bonds is 5. The lowest BCUT2D eigenvalue weighted by molar-refractivity contribution is -0.117. The number of likely N-dealkylation sites (N-methyl/N-ethyl adjacent to an activating group) is 1. The quantitative estimate of drug-likeness (QED) is 0.906. The first-order valence-corrected chi connectivity index (χ1v) is 7.40. The van der Waals surface area contributed by atoms with E-state index in [4.69, 9.17) is 14.0 Å². The first kappa shape index (κ1) is 15.4. The average molecular weight is 317 g/mol. The van der Waals surface area contributed by atoms with Gasteiger partial charge in [-0.3, -0.25) is 9.69 Å². The number of ether oxygens (including phenoxy) is 2. The van der Waals surface area contributed by atoms with Crippen LogP contribution in [0.4, 0.5) is 5.82 Å². The fraction of sp³-hybridized carbons (Fsp3) is 0.375. The molecule has 7 nitrogen and oxygen atoms in total. The second kappa shape index (κ2) is 6.70. The molecule has 1 amide bonds. The van der Waals surface area contributed by atoms with E-state index in [1.165, 1.54) is 0 Å². The normalized spacial score (nSPS) is 13.2. The molecule has 2 aromatic rings. The van der Waals surface area contributed by atoms with E-state index in [1.807, 2.05) is 30.1 Å². The van der Waals surface area contributed by atoms with Crippen molar-refractivity contribution in [3.63, 3.8) is 0 Å². The molecule has 0 spiro atoms. The van der Waals surface area contributed by atoms with E-state index >= 15 is 0 Å². The molecule has 2 heterocycles. The molecule has 1 aromatic carbocycles. The summed E-state index contributed by atoms with van der Waals surface area (Å²) in [4.78, 5) is 13.9. The number of benzene rings is 1. The lowest BCUT2D eigenvalue weighted by atomic mass is 10.2. The standard InChI is InChI=1S/C16H19N3O4/c1-11-7-15(18-23-11)17-16(20)10-19(2)9-12-3-4-13-14(8-12)22-6-5-21-13/h3-4,7-8H,5-6,9-10H2,1-2H3,(H,17,18,20). The van der Waals surface area contributed by atoms with Gasteiger partial charge in [0.05, 0.1) is 6.54 Å². The zero-order chi connectivity index (χ0) is 16.2. The Morgan fingerprint density at radius 3 is 2.78 bits per heavy atom. The maximum Gasteiger partial charge on any atom is 0.239 e. The molecule has 0 aliphatic carbocycles. The number of nitrogens with one attached hydrogen (secondary N) is 1. The molecular weight excluding hydrogens is 298 g/mol. The Kier molecular flexibility index (Phi) is 4.47. The lowest BCUT2D eigenvalue weighted by Crippen LogP contribution is -2.30. The Hall–Kier alpha value is -2.54. The van der Waals surface area contributed by atoms with Crippen LogP contribution in [-0.4, -0.2) is 42.8 Å². The topological polar surface area (TPSA) is 76.8 Å². The third-order valence-electron chi connectivity index (χ3n) is 3.37. The van der Waals surface area contributed by atoms with E-state index in [0.717, 1.165) is 17.1 Å². The van der Waals surface area contributed by atoms with Crippen molar-refractivity contribution in [1.82, 2.24) is 10.1 Å². The summed E-state index contributed by atoms with van der Waals surface area (Å²) in [5.41, 5.74) is 1.06. The number of carbonyl (C=O) groups excluding carboxylic acids is 1. The summed E-state index contributed by atoms with van der Waals surface area (Å²) in [6, 6.07) is 7.50. The summed E-state index contributed by atoms with van der Waals surface area (Å²) in [6.07, 6.45) is 0. The number of anilines is 1. The largest absolute Gasteiger partial charge is 0.486 e. The van der Waals surface area contributed by atoms with E-state index < -0.39 is 0 Å². The minimum Gasteiger partial charge on any atom is -0.486 e. The van der Waals surface area contributed by atoms with E-state index in [1.54, 1.807) is 13.0 Å². The molecular formula is C16H19N3O4. The van der Waals surface area contributed by atoms with Gasteiger partial charge in [-0.15, -0.1) is 0 Å². The Labute approximate surface area is 134 Å². The van der Waals surface area contributed by atoms with Gasteiger partial charge in [0, 0.05) is 12.6 Å². The van der Waals surface area contributed by atoms with Gasteiger partial charge in [-0.05, 0) is 31.7 Å². The number of hydrogen-bond acceptors (Lipinski definition) is 6. The van der Waals surface area contributed by atoms with Crippen molar-refractivity contribution in [3.05, 3.63) is 35.6 Å². The third kappa shape index (κ3) is 4.01. The molecule has 1 aromatic heterocycles. The maximum atomic E-state index is 12.0. The first-order valence-electron chi connectivity index (χ1n) is 7.40. The Bertz CT molecular complexity index is 698. The highest BCUT2D eigenvalue weighted by molar-refractivity contribution is 5.91. The van der Waals surface area contributed by atoms with Crippen molar-refractivity contribution < 1.29 is 18.8 Å². The zero-order valence-electron chi connectivity index (χ0n) is 13.2. The number of fused-ring (bicyclic) bond motifs is 1. The number of nitrogens with zero attached hydrogens (tertiary/aromatic N) is 2. The zero-order valence-corrected chi connectivity index (χ0v) is 13.2. The predicted octanol–water partition coefficient (Wildman–Crippen LogP) is 1.82. The Morgan fingerprint density at radius 1 is 1.26 bits per heavy atom. The highest BCUT2D eigenvalue weighted by Crippen LogP contribution is 2.30. The Balaban J connectivity index is 1.54. The van der Waals surface area contributed by atoms with Crippen LogP contribution in [0.3, 0.4) is 0 Å². The van der Waals surface area contributed by atoms with Crippen LogP contribution >= 0.6 is 0 Å². The van der Waals surface area contributed by atoms with Crippen molar-refractivity contribution in [2.24, 2.45) is 0 Å². The highest BCUT2D eigenvalue weighted by Gasteiger charge is 2.14. The molecule has 0 saturated heterocycles. The molecule has 122 valence electrons. The second-order valence-electron chi connectivity index (χ2n) is 5.52. The molecule has 1 aliphatic heterocycles. The van der Waals surface area contributed by atoms with Gasteiger partial charge in [-0.2, -0.15) is 0 Å². The molecule has 0 fully saturated rings. The number of aryl methyl sites for hydroxylation is 1. The molecule has 1 aliphatic rings. The highest BCUT2D eigenvalue weighted by atomic mass is 16.6. The van der Waals surface area contributed by atoms with Crippen molar-refractivity contribution in [2.45, 2.75) is 13.5 Å². The van der Waals surface area contributed by atoms with Crippen LogP contribution in [0, 0.1) is 6.92 Å². The molecule has 3 rings (SSSR count). The third-order valence-corrected chi connectivity index (χ3v) is 3.37. The van der Waals surface area contributed by atoms with Crippen LogP contribution in [0.1, 0.15) is 11.3 Å². The van der Waals surface area contributed by atoms with Gasteiger partial charge >= 0.3 is 0 Å². The predicted molar refractivity (Wildman–Crippen MR) is 83.6 cm³/mol. The van der Waals surface area contributed by atoms with Crippen LogP contribution in [0.25, 0.3) is 0 Å². The van der Waals surface area contributed by atoms with Crippen molar-refractivity contribution in [1.29, 1.82) is 0 Å². The summed E-state index contributed by atoms with van der Waals surface area (Å²) in [7, 11) is 1.88. The van der Waals surface area contributed by atoms with Crippen molar-refractivity contribution in [2.75, 3.05) is 32.1 Å². The SMILES string of the molecule is Cc1cc(NC(=O)CN(C)Cc2ccc3c(c2)OCCO3)no1. The van der Waals surface area contributed by atoms with Gasteiger partial charge in [-0.1, -0.05) is 11.2 Å². The molecule has 7 heteroatoms. The smallest absolute Gasteiger partial charge is 0.239 e. The van der Waals surface area contributed by atoms with Crippen molar-refractivity contribution in [3.8, 4) is 11.5 Å². The molecule has 23 heavy (non-hydrogen) atoms. The summed E-state index contributed by atoms with van der Waals surface area (Å²) in [5.74, 6) is 2.47. The summed E-state index contributed by atoms with van der Waals surface area (Å²) in [6.45, 7) is 3.79. The molecule has 0 bridgehead atoms. The summed E-state index contributed by atoms with van der Waals surface area (Å²) >= 11 is 0. The number of aromatic nitrogens is 1. The molecule has 0 unspecified atom stereocenters. The second-order valence-corrected chi connectivity index (χ2v) is 5.52. The van der Waals surface area contributed by atoms with E-state index in [0.29, 0.717) is 31.3 Å². The molecule has 1 N–H and O–H groups in total. The van der Waals surface area contributed by atoms with Gasteiger partial charge in [-0.25, -0.2) is 0 Å². The minimum absolute atomic E-state index is 0.140. The van der Waals surface area contributed by atoms with Crippen LogP contribution in [0.15, 0.2) is 28.8 Å². The summed E-state index contributed by atoms with van der Waals surface area (Å²) < 4.78 is 16.0. The van der Waals surface area contributed by atoms with Crippen LogP contribution in [0.5, 0.6) is 11.5 Å². The first-order chi connectivity index (χ1) is 11.1. The fourth-order valence-corrected chi connectivity index (χ4v) is 2.41. The van der Waals surface area contributed by atoms with E-state index in [2.05, 4.69) is 10.5 Å². The van der Waals surface area contributed by atoms with Crippen LogP contribution in [0.2, 0.25) is 0 Å². The van der Waals surface area contributed by atoms with Gasteiger partial charge in [0.2, 0.25) is 5.91 Å². The molecule has 0 atom stereocenters. The van der Waals surface area contributed by atoms with E-state index in [9.17, 15) is 4.79 Å². The van der Waals surface area contributed by atoms with E-state index in [-0.39, 0.29) is 12.5 Å². The maximum absolute atomic E-state index is 12.0. The van der Waals surface area contributed by atoms with Gasteiger partial charge < -0.3 is 19.3 Å². The number of carbonyl (C=O) groups is 1. The number of hydrogen-bond donors (Lipinski definition) is 1. The molecule has 0 saturated carbocycles. The minimum atomic E-state index is -0.140. The van der Waals surface area contributed by atoms with Gasteiger partial charge in [0.1, 0.15) is 19.0 Å². The summed E-state index contributed by atoms with van der Waals surface area (Å²) in [5, 5.41) is 6.44. The number of amides is 1. The van der Waals surface area contributed by atoms with Crippen molar-refractivity contribution >= 4 is 11.7 Å². The monoisotopic (exact) mass is 317 g/mol. The Morgan fingerprint density at radius 2 is 2.04 bits per heavy atom. The average Bonchev–Trinajstić information content (AvgIpc) is 2.91. The van der Waals surface area contributed by atoms with Crippen LogP contribution in [-0.2, 0) is 11.3 Å². The van der Waals surface area contributed by atoms with Gasteiger partial charge in [0.15, 0.2) is 17.3 Å².